The Morgan fingerprint density at radius 3 is 2.33 bits per heavy atom. The van der Waals surface area contributed by atoms with Gasteiger partial charge in [0, 0.05) is 5.92 Å². The second-order valence-electron chi connectivity index (χ2n) is 5.42. The predicted octanol–water partition coefficient (Wildman–Crippen LogP) is -2.22. The van der Waals surface area contributed by atoms with Crippen molar-refractivity contribution in [2.24, 2.45) is 5.92 Å². The first-order valence-corrected chi connectivity index (χ1v) is 6.87. The van der Waals surface area contributed by atoms with Crippen molar-refractivity contribution < 1.29 is 39.8 Å². The maximum absolute atomic E-state index is 11.4. The van der Waals surface area contributed by atoms with Crippen LogP contribution in [0.15, 0.2) is 0 Å². The van der Waals surface area contributed by atoms with E-state index in [2.05, 4.69) is 4.74 Å². The molecule has 0 bridgehead atoms. The van der Waals surface area contributed by atoms with E-state index in [1.807, 2.05) is 0 Å². The predicted molar refractivity (Wildman–Crippen MR) is 70.2 cm³/mol. The maximum atomic E-state index is 11.4. The quantitative estimate of drug-likeness (QED) is 0.348. The molecule has 0 aromatic heterocycles. The molecule has 5 N–H and O–H groups in total. The first-order chi connectivity index (χ1) is 9.81. The second kappa shape index (κ2) is 8.02. The Balaban J connectivity index is 2.90. The molecular weight excluding hydrogens is 284 g/mol. The fourth-order valence-electron chi connectivity index (χ4n) is 2.59. The van der Waals surface area contributed by atoms with E-state index in [-0.39, 0.29) is 12.8 Å². The van der Waals surface area contributed by atoms with Crippen LogP contribution in [0.25, 0.3) is 0 Å². The average Bonchev–Trinajstić information content (AvgIpc) is 2.44. The summed E-state index contributed by atoms with van der Waals surface area (Å²) in [5.74, 6) is -1.17. The summed E-state index contributed by atoms with van der Waals surface area (Å²) in [6, 6.07) is 0. The first kappa shape index (κ1) is 18.3. The van der Waals surface area contributed by atoms with Gasteiger partial charge < -0.3 is 35.0 Å². The topological polar surface area (TPSA) is 137 Å². The zero-order valence-corrected chi connectivity index (χ0v) is 12.1. The number of carbonyl (C=O) groups excluding carboxylic acids is 1. The normalized spacial score (nSPS) is 36.0. The molecule has 1 aliphatic rings. The molecular formula is C13H24O8. The highest BCUT2D eigenvalue weighted by molar-refractivity contribution is 5.69. The van der Waals surface area contributed by atoms with E-state index >= 15 is 0 Å². The lowest BCUT2D eigenvalue weighted by molar-refractivity contribution is -0.243. The summed E-state index contributed by atoms with van der Waals surface area (Å²) < 4.78 is 9.98. The monoisotopic (exact) mass is 308 g/mol. The average molecular weight is 308 g/mol. The third-order valence-corrected chi connectivity index (χ3v) is 3.69. The molecule has 0 amide bonds. The Kier molecular flexibility index (Phi) is 6.98. The molecule has 0 unspecified atom stereocenters. The van der Waals surface area contributed by atoms with E-state index in [1.54, 1.807) is 0 Å². The van der Waals surface area contributed by atoms with Crippen molar-refractivity contribution in [3.63, 3.8) is 0 Å². The van der Waals surface area contributed by atoms with Crippen LogP contribution >= 0.6 is 0 Å². The number of ether oxygens (including phenoxy) is 2. The van der Waals surface area contributed by atoms with Crippen LogP contribution in [0.4, 0.5) is 0 Å². The Bertz CT molecular complexity index is 332. The largest absolute Gasteiger partial charge is 0.469 e. The molecule has 0 aromatic rings. The van der Waals surface area contributed by atoms with Crippen LogP contribution in [0.5, 0.6) is 0 Å². The summed E-state index contributed by atoms with van der Waals surface area (Å²) in [5, 5.41) is 48.2. The number of esters is 1. The maximum Gasteiger partial charge on any atom is 0.305 e. The molecule has 1 rings (SSSR count). The fraction of sp³-hybridized carbons (Fsp3) is 0.923. The van der Waals surface area contributed by atoms with Gasteiger partial charge in [0.25, 0.3) is 0 Å². The van der Waals surface area contributed by atoms with E-state index in [9.17, 15) is 25.2 Å². The number of rotatable bonds is 6. The summed E-state index contributed by atoms with van der Waals surface area (Å²) in [6.45, 7) is 0.982. The highest BCUT2D eigenvalue weighted by atomic mass is 16.5. The molecule has 7 atom stereocenters. The molecule has 8 nitrogen and oxygen atoms in total. The third-order valence-electron chi connectivity index (χ3n) is 3.69. The Labute approximate surface area is 122 Å². The molecule has 0 saturated carbocycles. The van der Waals surface area contributed by atoms with E-state index in [4.69, 9.17) is 9.84 Å². The van der Waals surface area contributed by atoms with E-state index < -0.39 is 55.1 Å². The van der Waals surface area contributed by atoms with Crippen LogP contribution in [0.2, 0.25) is 0 Å². The molecule has 0 aliphatic carbocycles. The summed E-state index contributed by atoms with van der Waals surface area (Å²) in [7, 11) is 1.22. The SMILES string of the molecule is COC(=O)C[C@H](C[C@H](C)O)[C@@H]1O[C@H](CO)[C@@H](O)[C@H](O)[C@H]1O. The van der Waals surface area contributed by atoms with E-state index in [0.717, 1.165) is 0 Å². The molecule has 8 heteroatoms. The van der Waals surface area contributed by atoms with Crippen LogP contribution in [0.1, 0.15) is 19.8 Å². The minimum Gasteiger partial charge on any atom is -0.469 e. The lowest BCUT2D eigenvalue weighted by atomic mass is 9.83. The Hall–Kier alpha value is -0.770. The van der Waals surface area contributed by atoms with Gasteiger partial charge in [0.2, 0.25) is 0 Å². The van der Waals surface area contributed by atoms with Gasteiger partial charge >= 0.3 is 5.97 Å². The highest BCUT2D eigenvalue weighted by Crippen LogP contribution is 2.30. The van der Waals surface area contributed by atoms with Crippen molar-refractivity contribution in [2.75, 3.05) is 13.7 Å². The van der Waals surface area contributed by atoms with Gasteiger partial charge in [-0.2, -0.15) is 0 Å². The first-order valence-electron chi connectivity index (χ1n) is 6.87. The van der Waals surface area contributed by atoms with E-state index in [0.29, 0.717) is 0 Å². The summed E-state index contributed by atoms with van der Waals surface area (Å²) in [6.07, 6.45) is -7.18. The number of hydrogen-bond acceptors (Lipinski definition) is 8. The molecule has 1 fully saturated rings. The van der Waals surface area contributed by atoms with Crippen LogP contribution in [0, 0.1) is 5.92 Å². The number of hydrogen-bond donors (Lipinski definition) is 5. The second-order valence-corrected chi connectivity index (χ2v) is 5.42. The minimum absolute atomic E-state index is 0.121. The van der Waals surface area contributed by atoms with Gasteiger partial charge in [0.15, 0.2) is 0 Å². The van der Waals surface area contributed by atoms with Crippen LogP contribution in [0.3, 0.4) is 0 Å². The molecule has 1 heterocycles. The van der Waals surface area contributed by atoms with Crippen molar-refractivity contribution in [3.05, 3.63) is 0 Å². The van der Waals surface area contributed by atoms with Gasteiger partial charge in [-0.25, -0.2) is 0 Å². The Morgan fingerprint density at radius 2 is 1.86 bits per heavy atom. The number of aliphatic hydroxyl groups is 5. The zero-order valence-electron chi connectivity index (χ0n) is 12.1. The number of carbonyl (C=O) groups is 1. The van der Waals surface area contributed by atoms with Gasteiger partial charge in [-0.05, 0) is 13.3 Å². The van der Waals surface area contributed by atoms with Gasteiger partial charge in [-0.1, -0.05) is 0 Å². The molecule has 0 aromatic carbocycles. The minimum atomic E-state index is -1.50. The summed E-state index contributed by atoms with van der Waals surface area (Å²) >= 11 is 0. The molecule has 1 aliphatic heterocycles. The van der Waals surface area contributed by atoms with Gasteiger partial charge in [-0.15, -0.1) is 0 Å². The Morgan fingerprint density at radius 1 is 1.24 bits per heavy atom. The molecule has 0 radical (unpaired) electrons. The third kappa shape index (κ3) is 4.60. The lowest BCUT2D eigenvalue weighted by Gasteiger charge is -2.43. The zero-order chi connectivity index (χ0) is 16.2. The van der Waals surface area contributed by atoms with Crippen molar-refractivity contribution in [3.8, 4) is 0 Å². The fourth-order valence-corrected chi connectivity index (χ4v) is 2.59. The lowest BCUT2D eigenvalue weighted by Crippen LogP contribution is -2.60. The van der Waals surface area contributed by atoms with Gasteiger partial charge in [0.1, 0.15) is 24.4 Å². The van der Waals surface area contributed by atoms with Gasteiger partial charge in [-0.3, -0.25) is 4.79 Å². The van der Waals surface area contributed by atoms with Gasteiger partial charge in [0.05, 0.1) is 32.3 Å². The van der Waals surface area contributed by atoms with Crippen LogP contribution in [-0.2, 0) is 14.3 Å². The highest BCUT2D eigenvalue weighted by Gasteiger charge is 2.46. The summed E-state index contributed by atoms with van der Waals surface area (Å²) in [5.41, 5.74) is 0. The van der Waals surface area contributed by atoms with E-state index in [1.165, 1.54) is 14.0 Å². The smallest absolute Gasteiger partial charge is 0.305 e. The van der Waals surface area contributed by atoms with Crippen molar-refractivity contribution >= 4 is 5.97 Å². The molecule has 124 valence electrons. The van der Waals surface area contributed by atoms with Crippen molar-refractivity contribution in [1.29, 1.82) is 0 Å². The number of aliphatic hydroxyl groups excluding tert-OH is 5. The summed E-state index contributed by atoms with van der Waals surface area (Å²) in [4.78, 5) is 11.4. The standard InChI is InChI=1S/C13H24O8/c1-6(15)3-7(4-9(16)20-2)13-12(19)11(18)10(17)8(5-14)21-13/h6-8,10-15,17-19H,3-5H2,1-2H3/t6-,7-,8+,10+,11-,12+,13-/m0/s1. The molecule has 1 saturated heterocycles. The van der Waals surface area contributed by atoms with Crippen molar-refractivity contribution in [2.45, 2.75) is 56.4 Å². The number of methoxy groups -OCH3 is 1. The molecule has 0 spiro atoms. The van der Waals surface area contributed by atoms with Crippen LogP contribution in [-0.4, -0.2) is 81.8 Å². The molecule has 21 heavy (non-hydrogen) atoms. The van der Waals surface area contributed by atoms with Crippen LogP contribution < -0.4 is 0 Å². The van der Waals surface area contributed by atoms with Crippen molar-refractivity contribution in [1.82, 2.24) is 0 Å².